The van der Waals surface area contributed by atoms with E-state index in [1.807, 2.05) is 31.2 Å². The fourth-order valence-electron chi connectivity index (χ4n) is 4.87. The molecule has 0 spiro atoms. The van der Waals surface area contributed by atoms with Crippen LogP contribution >= 0.6 is 0 Å². The third-order valence-electron chi connectivity index (χ3n) is 7.17. The second kappa shape index (κ2) is 11.5. The highest BCUT2D eigenvalue weighted by molar-refractivity contribution is 7.92. The van der Waals surface area contributed by atoms with Crippen molar-refractivity contribution < 1.29 is 22.7 Å². The number of para-hydroxylation sites is 1. The largest absolute Gasteiger partial charge is 0.494 e. The molecule has 0 bridgehead atoms. The second-order valence-corrected chi connectivity index (χ2v) is 11.6. The Kier molecular flexibility index (Phi) is 8.31. The van der Waals surface area contributed by atoms with Crippen LogP contribution in [0.3, 0.4) is 0 Å². The number of rotatable bonds is 10. The Balaban J connectivity index is 1.50. The predicted octanol–water partition coefficient (Wildman–Crippen LogP) is 5.86. The number of nitrogens with zero attached hydrogens (tertiary/aromatic N) is 1. The average molecular weight is 537 g/mol. The van der Waals surface area contributed by atoms with Crippen LogP contribution in [0.25, 0.3) is 0 Å². The van der Waals surface area contributed by atoms with Crippen molar-refractivity contribution in [3.8, 4) is 11.5 Å². The summed E-state index contributed by atoms with van der Waals surface area (Å²) in [5.74, 6) is 1.33. The average Bonchev–Trinajstić information content (AvgIpc) is 2.92. The smallest absolute Gasteiger partial charge is 0.251 e. The van der Waals surface area contributed by atoms with E-state index in [-0.39, 0.29) is 24.1 Å². The van der Waals surface area contributed by atoms with Crippen molar-refractivity contribution in [3.63, 3.8) is 0 Å². The third-order valence-corrected chi connectivity index (χ3v) is 8.31. The van der Waals surface area contributed by atoms with E-state index in [1.165, 1.54) is 10.6 Å². The van der Waals surface area contributed by atoms with Crippen LogP contribution in [0.2, 0.25) is 0 Å². The van der Waals surface area contributed by atoms with Gasteiger partial charge in [-0.25, -0.2) is 8.42 Å². The lowest BCUT2D eigenvalue weighted by molar-refractivity contribution is 0.0227. The first-order valence-electron chi connectivity index (χ1n) is 13.1. The molecule has 38 heavy (non-hydrogen) atoms. The third kappa shape index (κ3) is 6.13. The van der Waals surface area contributed by atoms with Gasteiger partial charge < -0.3 is 14.8 Å². The number of benzene rings is 3. The predicted molar refractivity (Wildman–Crippen MR) is 150 cm³/mol. The maximum atomic E-state index is 13.2. The first-order valence-corrected chi connectivity index (χ1v) is 14.9. The summed E-state index contributed by atoms with van der Waals surface area (Å²) >= 11 is 0. The standard InChI is InChI=1S/C30H36N2O5S/c1-5-30(6-2)20-27(26-10-8-9-11-28(26)37-30)31-29(33)23-14-12-22(13-15-23)21-32(38(4,34)35)24-16-18-25(19-17-24)36-7-3/h8-19,27H,5-7,20-21H2,1-4H3,(H,31,33)/t27-/m0/s1. The van der Waals surface area contributed by atoms with E-state index in [0.29, 0.717) is 30.0 Å². The summed E-state index contributed by atoms with van der Waals surface area (Å²) in [5, 5.41) is 3.20. The normalized spacial score (nSPS) is 16.2. The van der Waals surface area contributed by atoms with Gasteiger partial charge >= 0.3 is 0 Å². The van der Waals surface area contributed by atoms with Crippen LogP contribution in [0.4, 0.5) is 5.69 Å². The highest BCUT2D eigenvalue weighted by Crippen LogP contribution is 2.42. The van der Waals surface area contributed by atoms with Crippen LogP contribution in [0.15, 0.2) is 72.8 Å². The highest BCUT2D eigenvalue weighted by Gasteiger charge is 2.39. The van der Waals surface area contributed by atoms with Crippen molar-refractivity contribution >= 4 is 21.6 Å². The Morgan fingerprint density at radius 2 is 1.66 bits per heavy atom. The Morgan fingerprint density at radius 3 is 2.26 bits per heavy atom. The van der Waals surface area contributed by atoms with Gasteiger partial charge in [-0.2, -0.15) is 0 Å². The molecule has 0 aromatic heterocycles. The summed E-state index contributed by atoms with van der Waals surface area (Å²) < 4.78 is 38.3. The minimum Gasteiger partial charge on any atom is -0.494 e. The van der Waals surface area contributed by atoms with E-state index >= 15 is 0 Å². The van der Waals surface area contributed by atoms with Crippen molar-refractivity contribution in [2.45, 2.75) is 58.2 Å². The molecular weight excluding hydrogens is 500 g/mol. The van der Waals surface area contributed by atoms with E-state index in [9.17, 15) is 13.2 Å². The van der Waals surface area contributed by atoms with E-state index in [4.69, 9.17) is 9.47 Å². The zero-order valence-electron chi connectivity index (χ0n) is 22.4. The Morgan fingerprint density at radius 1 is 1.00 bits per heavy atom. The lowest BCUT2D eigenvalue weighted by atomic mass is 9.83. The van der Waals surface area contributed by atoms with Crippen LogP contribution < -0.4 is 19.1 Å². The van der Waals surface area contributed by atoms with Crippen LogP contribution in [-0.4, -0.2) is 32.8 Å². The first-order chi connectivity index (χ1) is 18.2. The van der Waals surface area contributed by atoms with Gasteiger partial charge in [-0.1, -0.05) is 44.2 Å². The topological polar surface area (TPSA) is 84.9 Å². The summed E-state index contributed by atoms with van der Waals surface area (Å²) in [7, 11) is -3.53. The summed E-state index contributed by atoms with van der Waals surface area (Å²) in [4.78, 5) is 13.2. The van der Waals surface area contributed by atoms with Crippen LogP contribution in [0.1, 0.15) is 67.6 Å². The highest BCUT2D eigenvalue weighted by atomic mass is 32.2. The molecule has 1 N–H and O–H groups in total. The molecular formula is C30H36N2O5S. The van der Waals surface area contributed by atoms with Gasteiger partial charge in [0, 0.05) is 17.5 Å². The van der Waals surface area contributed by atoms with Crippen LogP contribution in [0, 0.1) is 0 Å². The first kappa shape index (κ1) is 27.5. The number of hydrogen-bond donors (Lipinski definition) is 1. The molecule has 0 radical (unpaired) electrons. The number of sulfonamides is 1. The van der Waals surface area contributed by atoms with Crippen molar-refractivity contribution in [1.29, 1.82) is 0 Å². The SMILES string of the molecule is CCOc1ccc(N(Cc2ccc(C(=O)N[C@H]3CC(CC)(CC)Oc4ccccc43)cc2)S(C)(=O)=O)cc1. The minimum absolute atomic E-state index is 0.150. The molecule has 202 valence electrons. The van der Waals surface area contributed by atoms with Gasteiger partial charge in [-0.05, 0) is 67.8 Å². The van der Waals surface area contributed by atoms with Gasteiger partial charge in [0.15, 0.2) is 0 Å². The molecule has 0 saturated heterocycles. The molecule has 3 aromatic carbocycles. The number of nitrogens with one attached hydrogen (secondary N) is 1. The molecule has 1 heterocycles. The van der Waals surface area contributed by atoms with Gasteiger partial charge in [-0.3, -0.25) is 9.10 Å². The Hall–Kier alpha value is -3.52. The molecule has 0 fully saturated rings. The molecule has 0 saturated carbocycles. The van der Waals surface area contributed by atoms with Gasteiger partial charge in [-0.15, -0.1) is 0 Å². The lowest BCUT2D eigenvalue weighted by Gasteiger charge is -2.41. The maximum absolute atomic E-state index is 13.2. The lowest BCUT2D eigenvalue weighted by Crippen LogP contribution is -2.44. The summed E-state index contributed by atoms with van der Waals surface area (Å²) in [6, 6.07) is 21.7. The number of anilines is 1. The molecule has 3 aromatic rings. The fourth-order valence-corrected chi connectivity index (χ4v) is 5.76. The monoisotopic (exact) mass is 536 g/mol. The van der Waals surface area contributed by atoms with Crippen molar-refractivity contribution in [2.75, 3.05) is 17.2 Å². The molecule has 0 unspecified atom stereocenters. The summed E-state index contributed by atoms with van der Waals surface area (Å²) in [6.45, 7) is 6.81. The summed E-state index contributed by atoms with van der Waals surface area (Å²) in [6.07, 6.45) is 3.59. The van der Waals surface area contributed by atoms with Crippen molar-refractivity contribution in [1.82, 2.24) is 5.32 Å². The molecule has 1 amide bonds. The van der Waals surface area contributed by atoms with E-state index < -0.39 is 10.0 Å². The van der Waals surface area contributed by atoms with Gasteiger partial charge in [0.2, 0.25) is 10.0 Å². The molecule has 1 atom stereocenters. The number of carbonyl (C=O) groups excluding carboxylic acids is 1. The summed E-state index contributed by atoms with van der Waals surface area (Å²) in [5.41, 5.74) is 2.50. The van der Waals surface area contributed by atoms with Crippen molar-refractivity contribution in [2.24, 2.45) is 0 Å². The molecule has 1 aliphatic heterocycles. The maximum Gasteiger partial charge on any atom is 0.251 e. The number of fused-ring (bicyclic) bond motifs is 1. The van der Waals surface area contributed by atoms with Gasteiger partial charge in [0.1, 0.15) is 17.1 Å². The zero-order chi connectivity index (χ0) is 27.3. The number of hydrogen-bond acceptors (Lipinski definition) is 5. The molecule has 7 nitrogen and oxygen atoms in total. The Labute approximate surface area is 225 Å². The van der Waals surface area contributed by atoms with Gasteiger partial charge in [0.25, 0.3) is 5.91 Å². The molecule has 1 aliphatic rings. The van der Waals surface area contributed by atoms with Crippen molar-refractivity contribution in [3.05, 3.63) is 89.5 Å². The van der Waals surface area contributed by atoms with E-state index in [1.54, 1.807) is 48.5 Å². The fraction of sp³-hybridized carbons (Fsp3) is 0.367. The van der Waals surface area contributed by atoms with Crippen LogP contribution in [0.5, 0.6) is 11.5 Å². The van der Waals surface area contributed by atoms with Gasteiger partial charge in [0.05, 0.1) is 31.1 Å². The quantitative estimate of drug-likeness (QED) is 0.351. The molecule has 8 heteroatoms. The molecule has 0 aliphatic carbocycles. The molecule has 4 rings (SSSR count). The van der Waals surface area contributed by atoms with E-state index in [2.05, 4.69) is 19.2 Å². The number of amides is 1. The number of ether oxygens (including phenoxy) is 2. The van der Waals surface area contributed by atoms with Crippen LogP contribution in [-0.2, 0) is 16.6 Å². The zero-order valence-corrected chi connectivity index (χ0v) is 23.3. The second-order valence-electron chi connectivity index (χ2n) is 9.65. The number of carbonyl (C=O) groups is 1. The Bertz CT molecular complexity index is 1350. The minimum atomic E-state index is -3.53. The van der Waals surface area contributed by atoms with E-state index in [0.717, 1.165) is 29.7 Å².